The van der Waals surface area contributed by atoms with Gasteiger partial charge in [-0.2, -0.15) is 10.1 Å². The van der Waals surface area contributed by atoms with Gasteiger partial charge in [-0.25, -0.2) is 0 Å². The highest BCUT2D eigenvalue weighted by Crippen LogP contribution is 2.36. The van der Waals surface area contributed by atoms with Crippen LogP contribution >= 0.6 is 0 Å². The zero-order valence-electron chi connectivity index (χ0n) is 16.2. The standard InChI is InChI=1S/C21H23N5O2/c1-14-10-16-6-4-5-7-17(16)26(14)21-24-20(13-23-25-21)22-12-15-8-9-18(27-2)19(11-15)28-3/h4-9,11,13-14H,10,12H2,1-3H3,(H,22,24,25). The van der Waals surface area contributed by atoms with Gasteiger partial charge in [-0.05, 0) is 42.7 Å². The average molecular weight is 377 g/mol. The van der Waals surface area contributed by atoms with Crippen LogP contribution in [-0.4, -0.2) is 35.4 Å². The Morgan fingerprint density at radius 1 is 1.11 bits per heavy atom. The molecular weight excluding hydrogens is 354 g/mol. The number of fused-ring (bicyclic) bond motifs is 1. The minimum Gasteiger partial charge on any atom is -0.493 e. The first-order valence-corrected chi connectivity index (χ1v) is 9.21. The topological polar surface area (TPSA) is 72.4 Å². The van der Waals surface area contributed by atoms with Gasteiger partial charge in [0, 0.05) is 18.3 Å². The lowest BCUT2D eigenvalue weighted by Crippen LogP contribution is -2.26. The summed E-state index contributed by atoms with van der Waals surface area (Å²) in [6, 6.07) is 14.5. The maximum absolute atomic E-state index is 5.36. The minimum absolute atomic E-state index is 0.292. The third-order valence-electron chi connectivity index (χ3n) is 4.89. The number of nitrogens with zero attached hydrogens (tertiary/aromatic N) is 4. The van der Waals surface area contributed by atoms with E-state index in [4.69, 9.17) is 9.47 Å². The summed E-state index contributed by atoms with van der Waals surface area (Å²) in [6.07, 6.45) is 2.61. The molecule has 0 bridgehead atoms. The summed E-state index contributed by atoms with van der Waals surface area (Å²) in [7, 11) is 3.26. The summed E-state index contributed by atoms with van der Waals surface area (Å²) in [5, 5.41) is 11.7. The van der Waals surface area contributed by atoms with Crippen LogP contribution in [0.4, 0.5) is 17.5 Å². The van der Waals surface area contributed by atoms with Crippen LogP contribution in [0.5, 0.6) is 11.5 Å². The monoisotopic (exact) mass is 377 g/mol. The molecule has 0 saturated carbocycles. The Balaban J connectivity index is 1.52. The number of ether oxygens (including phenoxy) is 2. The van der Waals surface area contributed by atoms with Crippen LogP contribution in [0.25, 0.3) is 0 Å². The fourth-order valence-corrected chi connectivity index (χ4v) is 3.53. The number of methoxy groups -OCH3 is 2. The van der Waals surface area contributed by atoms with E-state index in [0.717, 1.165) is 17.7 Å². The predicted molar refractivity (Wildman–Crippen MR) is 108 cm³/mol. The van der Waals surface area contributed by atoms with Crippen molar-refractivity contribution in [1.29, 1.82) is 0 Å². The van der Waals surface area contributed by atoms with E-state index in [-0.39, 0.29) is 0 Å². The van der Waals surface area contributed by atoms with Crippen molar-refractivity contribution in [1.82, 2.24) is 15.2 Å². The fraction of sp³-hybridized carbons (Fsp3) is 0.286. The quantitative estimate of drug-likeness (QED) is 0.704. The van der Waals surface area contributed by atoms with E-state index in [1.807, 2.05) is 24.3 Å². The van der Waals surface area contributed by atoms with Gasteiger partial charge >= 0.3 is 0 Å². The lowest BCUT2D eigenvalue weighted by molar-refractivity contribution is 0.354. The Morgan fingerprint density at radius 2 is 1.93 bits per heavy atom. The van der Waals surface area contributed by atoms with Gasteiger partial charge in [-0.1, -0.05) is 24.3 Å². The first-order valence-electron chi connectivity index (χ1n) is 9.21. The van der Waals surface area contributed by atoms with Gasteiger partial charge in [0.15, 0.2) is 17.3 Å². The predicted octanol–water partition coefficient (Wildman–Crippen LogP) is 3.58. The molecule has 7 nitrogen and oxygen atoms in total. The zero-order valence-corrected chi connectivity index (χ0v) is 16.2. The van der Waals surface area contributed by atoms with E-state index in [2.05, 4.69) is 50.5 Å². The minimum atomic E-state index is 0.292. The normalized spacial score (nSPS) is 15.2. The smallest absolute Gasteiger partial charge is 0.252 e. The van der Waals surface area contributed by atoms with E-state index in [1.54, 1.807) is 20.4 Å². The van der Waals surface area contributed by atoms with E-state index in [0.29, 0.717) is 35.9 Å². The summed E-state index contributed by atoms with van der Waals surface area (Å²) >= 11 is 0. The lowest BCUT2D eigenvalue weighted by atomic mass is 10.1. The Morgan fingerprint density at radius 3 is 2.75 bits per heavy atom. The second-order valence-electron chi connectivity index (χ2n) is 6.74. The molecule has 7 heteroatoms. The molecular formula is C21H23N5O2. The van der Waals surface area contributed by atoms with Crippen LogP contribution in [0, 0.1) is 0 Å². The molecule has 4 rings (SSSR count). The lowest BCUT2D eigenvalue weighted by Gasteiger charge is -2.22. The third-order valence-corrected chi connectivity index (χ3v) is 4.89. The van der Waals surface area contributed by atoms with Crippen LogP contribution in [-0.2, 0) is 13.0 Å². The van der Waals surface area contributed by atoms with Gasteiger partial charge in [0.25, 0.3) is 5.95 Å². The average Bonchev–Trinajstić information content (AvgIpc) is 3.07. The number of para-hydroxylation sites is 1. The molecule has 0 amide bonds. The summed E-state index contributed by atoms with van der Waals surface area (Å²) in [5.74, 6) is 2.69. The van der Waals surface area contributed by atoms with Crippen molar-refractivity contribution < 1.29 is 9.47 Å². The highest BCUT2D eigenvalue weighted by Gasteiger charge is 2.29. The maximum atomic E-state index is 5.36. The molecule has 1 aliphatic rings. The summed E-state index contributed by atoms with van der Waals surface area (Å²) in [5.41, 5.74) is 3.51. The molecule has 1 N–H and O–H groups in total. The summed E-state index contributed by atoms with van der Waals surface area (Å²) < 4.78 is 10.6. The molecule has 0 aliphatic carbocycles. The van der Waals surface area contributed by atoms with Crippen LogP contribution < -0.4 is 19.7 Å². The first kappa shape index (κ1) is 18.0. The van der Waals surface area contributed by atoms with Crippen molar-refractivity contribution in [3.05, 3.63) is 59.8 Å². The SMILES string of the molecule is COc1ccc(CNc2cnnc(N3c4ccccc4CC3C)n2)cc1OC. The number of aromatic nitrogens is 3. The number of hydrogen-bond acceptors (Lipinski definition) is 7. The van der Waals surface area contributed by atoms with Crippen molar-refractivity contribution in [3.63, 3.8) is 0 Å². The summed E-state index contributed by atoms with van der Waals surface area (Å²) in [4.78, 5) is 6.82. The molecule has 144 valence electrons. The van der Waals surface area contributed by atoms with Gasteiger partial charge < -0.3 is 19.7 Å². The molecule has 0 fully saturated rings. The van der Waals surface area contributed by atoms with Gasteiger partial charge in [0.2, 0.25) is 0 Å². The summed E-state index contributed by atoms with van der Waals surface area (Å²) in [6.45, 7) is 2.76. The van der Waals surface area contributed by atoms with Gasteiger partial charge in [0.1, 0.15) is 0 Å². The van der Waals surface area contributed by atoms with Gasteiger partial charge in [0.05, 0.1) is 20.4 Å². The van der Waals surface area contributed by atoms with Crippen molar-refractivity contribution >= 4 is 17.5 Å². The number of hydrogen-bond donors (Lipinski definition) is 1. The fourth-order valence-electron chi connectivity index (χ4n) is 3.53. The molecule has 1 aliphatic heterocycles. The molecule has 3 aromatic rings. The van der Waals surface area contributed by atoms with Crippen molar-refractivity contribution in [2.24, 2.45) is 0 Å². The molecule has 1 atom stereocenters. The van der Waals surface area contributed by atoms with Crippen molar-refractivity contribution in [3.8, 4) is 11.5 Å². The number of nitrogens with one attached hydrogen (secondary N) is 1. The van der Waals surface area contributed by atoms with Crippen molar-refractivity contribution in [2.75, 3.05) is 24.4 Å². The molecule has 1 unspecified atom stereocenters. The van der Waals surface area contributed by atoms with Crippen LogP contribution in [0.1, 0.15) is 18.1 Å². The Labute approximate surface area is 164 Å². The zero-order chi connectivity index (χ0) is 19.5. The van der Waals surface area contributed by atoms with E-state index < -0.39 is 0 Å². The molecule has 1 aromatic heterocycles. The highest BCUT2D eigenvalue weighted by atomic mass is 16.5. The number of benzene rings is 2. The van der Waals surface area contributed by atoms with Gasteiger partial charge in [-0.3, -0.25) is 0 Å². The Bertz CT molecular complexity index is 979. The molecule has 2 heterocycles. The molecule has 0 radical (unpaired) electrons. The van der Waals surface area contributed by atoms with E-state index in [9.17, 15) is 0 Å². The molecule has 0 spiro atoms. The van der Waals surface area contributed by atoms with Crippen molar-refractivity contribution in [2.45, 2.75) is 25.9 Å². The molecule has 28 heavy (non-hydrogen) atoms. The van der Waals surface area contributed by atoms with Gasteiger partial charge in [-0.15, -0.1) is 5.10 Å². The third kappa shape index (κ3) is 3.43. The maximum Gasteiger partial charge on any atom is 0.252 e. The number of rotatable bonds is 6. The van der Waals surface area contributed by atoms with E-state index >= 15 is 0 Å². The molecule has 0 saturated heterocycles. The molecule has 2 aromatic carbocycles. The Kier molecular flexibility index (Phi) is 4.97. The van der Waals surface area contributed by atoms with Crippen LogP contribution in [0.3, 0.4) is 0 Å². The second kappa shape index (κ2) is 7.72. The van der Waals surface area contributed by atoms with Crippen LogP contribution in [0.2, 0.25) is 0 Å². The highest BCUT2D eigenvalue weighted by molar-refractivity contribution is 5.67. The van der Waals surface area contributed by atoms with E-state index in [1.165, 1.54) is 5.56 Å². The Hall–Kier alpha value is -3.35. The largest absolute Gasteiger partial charge is 0.493 e. The van der Waals surface area contributed by atoms with Crippen LogP contribution in [0.15, 0.2) is 48.7 Å². The first-order chi connectivity index (χ1) is 13.7. The number of anilines is 3. The second-order valence-corrected chi connectivity index (χ2v) is 6.74.